The second-order valence-electron chi connectivity index (χ2n) is 4.82. The summed E-state index contributed by atoms with van der Waals surface area (Å²) in [6.07, 6.45) is 0. The maximum absolute atomic E-state index is 10.9. The van der Waals surface area contributed by atoms with Crippen molar-refractivity contribution in [2.45, 2.75) is 6.92 Å². The summed E-state index contributed by atoms with van der Waals surface area (Å²) in [6, 6.07) is 14.3. The molecule has 2 aromatic carbocycles. The third-order valence-corrected chi connectivity index (χ3v) is 4.33. The summed E-state index contributed by atoms with van der Waals surface area (Å²) in [6.45, 7) is 1.98. The van der Waals surface area contributed by atoms with Gasteiger partial charge in [0.05, 0.1) is 10.6 Å². The molecule has 0 amide bonds. The van der Waals surface area contributed by atoms with Crippen LogP contribution in [0.4, 0.5) is 11.4 Å². The van der Waals surface area contributed by atoms with Crippen LogP contribution in [0.5, 0.6) is 0 Å². The number of non-ortho nitro benzene ring substituents is 1. The maximum Gasteiger partial charge on any atom is 0.270 e. The Morgan fingerprint density at radius 3 is 2.59 bits per heavy atom. The molecule has 3 rings (SSSR count). The van der Waals surface area contributed by atoms with Gasteiger partial charge >= 0.3 is 0 Å². The number of nitrogen functional groups attached to an aromatic ring is 1. The minimum atomic E-state index is -0.429. The predicted octanol–water partition coefficient (Wildman–Crippen LogP) is 4.28. The lowest BCUT2D eigenvalue weighted by Gasteiger charge is -2.01. The molecule has 0 spiro atoms. The number of benzene rings is 2. The van der Waals surface area contributed by atoms with Gasteiger partial charge in [0, 0.05) is 33.8 Å². The first-order chi connectivity index (χ1) is 10.6. The monoisotopic (exact) mass is 311 g/mol. The van der Waals surface area contributed by atoms with Gasteiger partial charge in [-0.1, -0.05) is 30.3 Å². The molecule has 0 radical (unpaired) electrons. The van der Waals surface area contributed by atoms with Crippen LogP contribution in [0.3, 0.4) is 0 Å². The quantitative estimate of drug-likeness (QED) is 0.445. The molecule has 0 aliphatic rings. The van der Waals surface area contributed by atoms with Crippen molar-refractivity contribution in [2.24, 2.45) is 0 Å². The van der Waals surface area contributed by atoms with Gasteiger partial charge in [0.1, 0.15) is 5.01 Å². The van der Waals surface area contributed by atoms with Crippen molar-refractivity contribution in [2.75, 3.05) is 5.73 Å². The molecular weight excluding hydrogens is 298 g/mol. The van der Waals surface area contributed by atoms with Crippen LogP contribution >= 0.6 is 11.3 Å². The van der Waals surface area contributed by atoms with Crippen LogP contribution in [-0.4, -0.2) is 9.91 Å². The zero-order valence-electron chi connectivity index (χ0n) is 11.8. The number of hydrogen-bond acceptors (Lipinski definition) is 5. The molecule has 0 aliphatic heterocycles. The fourth-order valence-corrected chi connectivity index (χ4v) is 3.19. The van der Waals surface area contributed by atoms with Crippen molar-refractivity contribution in [1.82, 2.24) is 4.98 Å². The molecule has 0 atom stereocenters. The van der Waals surface area contributed by atoms with Crippen LogP contribution in [0.2, 0.25) is 0 Å². The molecule has 6 heteroatoms. The molecule has 5 nitrogen and oxygen atoms in total. The van der Waals surface area contributed by atoms with E-state index < -0.39 is 4.92 Å². The van der Waals surface area contributed by atoms with Crippen molar-refractivity contribution in [3.8, 4) is 21.8 Å². The van der Waals surface area contributed by atoms with Crippen molar-refractivity contribution in [3.05, 3.63) is 63.5 Å². The van der Waals surface area contributed by atoms with Gasteiger partial charge < -0.3 is 5.73 Å². The molecular formula is C16H13N3O2S. The summed E-state index contributed by atoms with van der Waals surface area (Å²) in [5, 5.41) is 11.6. The molecule has 3 aromatic rings. The Balaban J connectivity index is 2.11. The normalized spacial score (nSPS) is 10.6. The summed E-state index contributed by atoms with van der Waals surface area (Å²) in [5.74, 6) is 0. The number of thiazole rings is 1. The van der Waals surface area contributed by atoms with E-state index in [-0.39, 0.29) is 5.69 Å². The van der Waals surface area contributed by atoms with Crippen molar-refractivity contribution in [3.63, 3.8) is 0 Å². The number of nitro benzene ring substituents is 1. The van der Waals surface area contributed by atoms with Crippen LogP contribution in [0.1, 0.15) is 4.88 Å². The average Bonchev–Trinajstić information content (AvgIpc) is 2.90. The van der Waals surface area contributed by atoms with Crippen LogP contribution in [0.25, 0.3) is 21.8 Å². The van der Waals surface area contributed by atoms with Gasteiger partial charge in [-0.05, 0) is 13.0 Å². The Morgan fingerprint density at radius 2 is 1.91 bits per heavy atom. The van der Waals surface area contributed by atoms with E-state index in [1.54, 1.807) is 6.07 Å². The van der Waals surface area contributed by atoms with E-state index >= 15 is 0 Å². The van der Waals surface area contributed by atoms with Gasteiger partial charge in [0.2, 0.25) is 0 Å². The van der Waals surface area contributed by atoms with Crippen molar-refractivity contribution < 1.29 is 4.92 Å². The van der Waals surface area contributed by atoms with E-state index in [4.69, 9.17) is 5.73 Å². The van der Waals surface area contributed by atoms with Gasteiger partial charge in [-0.25, -0.2) is 4.98 Å². The molecule has 0 saturated heterocycles. The Labute approximate surface area is 131 Å². The summed E-state index contributed by atoms with van der Waals surface area (Å²) >= 11 is 1.48. The summed E-state index contributed by atoms with van der Waals surface area (Å²) in [5.41, 5.74) is 8.96. The Hall–Kier alpha value is -2.73. The lowest BCUT2D eigenvalue weighted by Crippen LogP contribution is -1.93. The highest BCUT2D eigenvalue weighted by atomic mass is 32.1. The summed E-state index contributed by atoms with van der Waals surface area (Å²) in [4.78, 5) is 16.2. The minimum Gasteiger partial charge on any atom is -0.398 e. The lowest BCUT2D eigenvalue weighted by atomic mass is 10.1. The second kappa shape index (κ2) is 5.57. The zero-order valence-corrected chi connectivity index (χ0v) is 12.6. The Kier molecular flexibility index (Phi) is 3.60. The third kappa shape index (κ3) is 2.56. The van der Waals surface area contributed by atoms with Crippen LogP contribution in [0.15, 0.2) is 48.5 Å². The first-order valence-corrected chi connectivity index (χ1v) is 7.45. The molecule has 0 saturated carbocycles. The van der Waals surface area contributed by atoms with Gasteiger partial charge in [0.15, 0.2) is 0 Å². The van der Waals surface area contributed by atoms with Crippen LogP contribution in [-0.2, 0) is 0 Å². The average molecular weight is 311 g/mol. The number of aryl methyl sites for hydroxylation is 1. The molecule has 110 valence electrons. The van der Waals surface area contributed by atoms with Crippen molar-refractivity contribution in [1.29, 1.82) is 0 Å². The van der Waals surface area contributed by atoms with Gasteiger partial charge in [-0.3, -0.25) is 10.1 Å². The fourth-order valence-electron chi connectivity index (χ4n) is 2.22. The fraction of sp³-hybridized carbons (Fsp3) is 0.0625. The predicted molar refractivity (Wildman–Crippen MR) is 88.8 cm³/mol. The Morgan fingerprint density at radius 1 is 1.18 bits per heavy atom. The van der Waals surface area contributed by atoms with E-state index in [0.29, 0.717) is 16.3 Å². The molecule has 0 aliphatic carbocycles. The number of nitro groups is 1. The second-order valence-corrected chi connectivity index (χ2v) is 6.02. The molecule has 2 N–H and O–H groups in total. The minimum absolute atomic E-state index is 0.0123. The zero-order chi connectivity index (χ0) is 15.7. The highest BCUT2D eigenvalue weighted by Crippen LogP contribution is 2.37. The number of anilines is 1. The number of aromatic nitrogens is 1. The van der Waals surface area contributed by atoms with Crippen LogP contribution < -0.4 is 5.73 Å². The van der Waals surface area contributed by atoms with Crippen LogP contribution in [0, 0.1) is 17.0 Å². The van der Waals surface area contributed by atoms with E-state index in [0.717, 1.165) is 16.1 Å². The molecule has 1 aromatic heterocycles. The SMILES string of the molecule is Cc1sc(-c2cc([N+](=O)[O-])ccc2N)nc1-c1ccccc1. The standard InChI is InChI=1S/C16H13N3O2S/c1-10-15(11-5-3-2-4-6-11)18-16(22-10)13-9-12(19(20)21)7-8-14(13)17/h2-9H,17H2,1H3. The molecule has 0 fully saturated rings. The summed E-state index contributed by atoms with van der Waals surface area (Å²) < 4.78 is 0. The molecule has 0 bridgehead atoms. The van der Waals surface area contributed by atoms with Crippen molar-refractivity contribution >= 4 is 22.7 Å². The number of rotatable bonds is 3. The Bertz CT molecular complexity index is 844. The highest BCUT2D eigenvalue weighted by Gasteiger charge is 2.16. The smallest absolute Gasteiger partial charge is 0.270 e. The van der Waals surface area contributed by atoms with E-state index in [9.17, 15) is 10.1 Å². The topological polar surface area (TPSA) is 82.0 Å². The number of hydrogen-bond donors (Lipinski definition) is 1. The van der Waals surface area contributed by atoms with Gasteiger partial charge in [-0.15, -0.1) is 11.3 Å². The largest absolute Gasteiger partial charge is 0.398 e. The van der Waals surface area contributed by atoms with Gasteiger partial charge in [0.25, 0.3) is 5.69 Å². The molecule has 0 unspecified atom stereocenters. The van der Waals surface area contributed by atoms with E-state index in [1.807, 2.05) is 37.3 Å². The number of nitrogens with two attached hydrogens (primary N) is 1. The van der Waals surface area contributed by atoms with E-state index in [1.165, 1.54) is 23.5 Å². The number of nitrogens with zero attached hydrogens (tertiary/aromatic N) is 2. The third-order valence-electron chi connectivity index (χ3n) is 3.32. The summed E-state index contributed by atoms with van der Waals surface area (Å²) in [7, 11) is 0. The maximum atomic E-state index is 10.9. The van der Waals surface area contributed by atoms with Gasteiger partial charge in [-0.2, -0.15) is 0 Å². The van der Waals surface area contributed by atoms with E-state index in [2.05, 4.69) is 4.98 Å². The highest BCUT2D eigenvalue weighted by molar-refractivity contribution is 7.15. The molecule has 22 heavy (non-hydrogen) atoms. The first-order valence-electron chi connectivity index (χ1n) is 6.63. The lowest BCUT2D eigenvalue weighted by molar-refractivity contribution is -0.384. The first kappa shape index (κ1) is 14.2. The molecule has 1 heterocycles.